The van der Waals surface area contributed by atoms with E-state index in [9.17, 15) is 19.2 Å². The number of nitrogens with zero attached hydrogens (tertiary/aromatic N) is 5. The Labute approximate surface area is 266 Å². The van der Waals surface area contributed by atoms with Crippen LogP contribution in [0, 0.1) is 11.8 Å². The number of carbonyl (C=O) groups excluding carboxylic acids is 4. The van der Waals surface area contributed by atoms with E-state index in [4.69, 9.17) is 4.74 Å². The highest BCUT2D eigenvalue weighted by molar-refractivity contribution is 6.02. The quantitative estimate of drug-likeness (QED) is 0.453. The maximum Gasteiger partial charge on any atom is 0.409 e. The Kier molecular flexibility index (Phi) is 8.43. The first-order valence-electron chi connectivity index (χ1n) is 17.4. The SMILES string of the molecule is CN1C(=O)N(C2CCC(=O)NC2=O)C2(C)CC=C(C3CCN(CC4CCN(C(=O)OC[C@@H]5CCC6CCCN65)CC4)CC3)C=C12. The third-order valence-electron chi connectivity index (χ3n) is 12.1. The summed E-state index contributed by atoms with van der Waals surface area (Å²) >= 11 is 0. The summed E-state index contributed by atoms with van der Waals surface area (Å²) in [5.41, 5.74) is 1.66. The van der Waals surface area contributed by atoms with Gasteiger partial charge in [0.1, 0.15) is 12.6 Å². The number of fused-ring (bicyclic) bond motifs is 2. The number of hydrogen-bond donors (Lipinski definition) is 1. The van der Waals surface area contributed by atoms with Crippen LogP contribution in [0.1, 0.15) is 77.6 Å². The summed E-state index contributed by atoms with van der Waals surface area (Å²) in [5.74, 6) is 0.426. The molecule has 45 heavy (non-hydrogen) atoms. The first-order chi connectivity index (χ1) is 21.7. The number of amides is 5. The van der Waals surface area contributed by atoms with E-state index in [2.05, 4.69) is 27.3 Å². The van der Waals surface area contributed by atoms with Crippen molar-refractivity contribution in [2.45, 2.75) is 101 Å². The molecule has 11 nitrogen and oxygen atoms in total. The monoisotopic (exact) mass is 622 g/mol. The standard InChI is InChI=1S/C34H50N6O5/c1-34-14-9-25(20-29(34)36(2)32(43)40(34)28-7-8-30(41)35-31(28)42)24-12-16-37(17-13-24)21-23-10-18-38(19-11-23)33(44)45-22-27-6-5-26-4-3-15-39(26)27/h9,20,23-24,26-28H,3-8,10-19,21-22H2,1-2H3,(H,35,41,42)/t26?,27-,28?,34?/m0/s1. The largest absolute Gasteiger partial charge is 0.448 e. The molecule has 0 aromatic rings. The number of likely N-dealkylation sites (tertiary alicyclic amines) is 2. The van der Waals surface area contributed by atoms with Crippen LogP contribution in [0.3, 0.4) is 0 Å². The Balaban J connectivity index is 0.865. The number of piperidine rings is 3. The molecule has 3 unspecified atom stereocenters. The number of carbonyl (C=O) groups is 4. The molecule has 1 aliphatic carbocycles. The molecule has 246 valence electrons. The smallest absolute Gasteiger partial charge is 0.409 e. The molecule has 7 aliphatic rings. The van der Waals surface area contributed by atoms with Crippen molar-refractivity contribution in [3.8, 4) is 0 Å². The van der Waals surface area contributed by atoms with Crippen LogP contribution in [0.25, 0.3) is 0 Å². The zero-order valence-corrected chi connectivity index (χ0v) is 27.0. The molecule has 0 saturated carbocycles. The fraction of sp³-hybridized carbons (Fsp3) is 0.765. The van der Waals surface area contributed by atoms with Crippen molar-refractivity contribution >= 4 is 23.9 Å². The van der Waals surface area contributed by atoms with Gasteiger partial charge in [-0.2, -0.15) is 0 Å². The van der Waals surface area contributed by atoms with Gasteiger partial charge in [0.05, 0.1) is 5.54 Å². The number of ether oxygens (including phenoxy) is 1. The van der Waals surface area contributed by atoms with Crippen LogP contribution in [0.2, 0.25) is 0 Å². The van der Waals surface area contributed by atoms with Gasteiger partial charge in [0.25, 0.3) is 0 Å². The molecule has 0 aromatic carbocycles. The molecule has 0 radical (unpaired) electrons. The van der Waals surface area contributed by atoms with Gasteiger partial charge in [-0.3, -0.25) is 24.7 Å². The Morgan fingerprint density at radius 1 is 0.978 bits per heavy atom. The highest BCUT2D eigenvalue weighted by Gasteiger charge is 2.55. The molecule has 7 rings (SSSR count). The average molecular weight is 623 g/mol. The molecule has 0 aromatic heterocycles. The van der Waals surface area contributed by atoms with E-state index in [1.165, 1.54) is 24.8 Å². The number of imide groups is 1. The molecule has 5 amide bonds. The molecule has 0 spiro atoms. The van der Waals surface area contributed by atoms with E-state index in [0.717, 1.165) is 83.1 Å². The predicted molar refractivity (Wildman–Crippen MR) is 168 cm³/mol. The molecule has 6 fully saturated rings. The molecule has 4 atom stereocenters. The highest BCUT2D eigenvalue weighted by atomic mass is 16.6. The second-order valence-corrected chi connectivity index (χ2v) is 14.7. The minimum absolute atomic E-state index is 0.127. The third-order valence-corrected chi connectivity index (χ3v) is 12.1. The van der Waals surface area contributed by atoms with Crippen LogP contribution in [0.15, 0.2) is 23.4 Å². The zero-order valence-electron chi connectivity index (χ0n) is 27.0. The molecule has 11 heteroatoms. The fourth-order valence-corrected chi connectivity index (χ4v) is 9.39. The zero-order chi connectivity index (χ0) is 31.3. The minimum atomic E-state index is -0.626. The summed E-state index contributed by atoms with van der Waals surface area (Å²) in [6.45, 7) is 8.53. The van der Waals surface area contributed by atoms with Crippen LogP contribution < -0.4 is 5.32 Å². The summed E-state index contributed by atoms with van der Waals surface area (Å²) in [7, 11) is 1.80. The van der Waals surface area contributed by atoms with Crippen molar-refractivity contribution in [1.29, 1.82) is 0 Å². The first kappa shape index (κ1) is 30.7. The van der Waals surface area contributed by atoms with Crippen molar-refractivity contribution in [3.63, 3.8) is 0 Å². The molecule has 6 saturated heterocycles. The van der Waals surface area contributed by atoms with Crippen molar-refractivity contribution < 1.29 is 23.9 Å². The topological polar surface area (TPSA) is 106 Å². The van der Waals surface area contributed by atoms with Crippen LogP contribution in [0.4, 0.5) is 9.59 Å². The van der Waals surface area contributed by atoms with Gasteiger partial charge in [-0.15, -0.1) is 0 Å². The number of urea groups is 1. The maximum atomic E-state index is 13.4. The molecular formula is C34H50N6O5. The molecular weight excluding hydrogens is 572 g/mol. The first-order valence-corrected chi connectivity index (χ1v) is 17.4. The number of allylic oxidation sites excluding steroid dienone is 2. The van der Waals surface area contributed by atoms with Gasteiger partial charge in [0, 0.05) is 50.9 Å². The van der Waals surface area contributed by atoms with Crippen molar-refractivity contribution in [1.82, 2.24) is 29.8 Å². The van der Waals surface area contributed by atoms with Crippen LogP contribution in [-0.2, 0) is 14.3 Å². The summed E-state index contributed by atoms with van der Waals surface area (Å²) in [5, 5.41) is 2.42. The van der Waals surface area contributed by atoms with Gasteiger partial charge in [0.15, 0.2) is 0 Å². The Hall–Kier alpha value is -2.92. The van der Waals surface area contributed by atoms with Crippen LogP contribution in [0.5, 0.6) is 0 Å². The van der Waals surface area contributed by atoms with E-state index in [0.29, 0.717) is 37.3 Å². The van der Waals surface area contributed by atoms with E-state index in [1.54, 1.807) is 16.8 Å². The number of likely N-dealkylation sites (N-methyl/N-ethyl adjacent to an activating group) is 1. The number of rotatable bonds is 6. The summed E-state index contributed by atoms with van der Waals surface area (Å²) in [4.78, 5) is 61.1. The highest BCUT2D eigenvalue weighted by Crippen LogP contribution is 2.45. The van der Waals surface area contributed by atoms with Crippen molar-refractivity contribution in [3.05, 3.63) is 23.4 Å². The summed E-state index contributed by atoms with van der Waals surface area (Å²) in [6, 6.07) is 0.343. The number of nitrogens with one attached hydrogen (secondary N) is 1. The lowest BCUT2D eigenvalue weighted by atomic mass is 9.79. The Morgan fingerprint density at radius 2 is 1.76 bits per heavy atom. The summed E-state index contributed by atoms with van der Waals surface area (Å²) in [6.07, 6.45) is 14.9. The average Bonchev–Trinajstić information content (AvgIpc) is 3.71. The third kappa shape index (κ3) is 5.79. The van der Waals surface area contributed by atoms with E-state index in [-0.39, 0.29) is 30.4 Å². The number of hydrogen-bond acceptors (Lipinski definition) is 7. The Bertz CT molecular complexity index is 1270. The van der Waals surface area contributed by atoms with Crippen LogP contribution >= 0.6 is 0 Å². The van der Waals surface area contributed by atoms with Gasteiger partial charge in [-0.25, -0.2) is 9.59 Å². The fourth-order valence-electron chi connectivity index (χ4n) is 9.39. The van der Waals surface area contributed by atoms with Crippen molar-refractivity contribution in [2.24, 2.45) is 11.8 Å². The van der Waals surface area contributed by atoms with Crippen molar-refractivity contribution in [2.75, 3.05) is 52.9 Å². The summed E-state index contributed by atoms with van der Waals surface area (Å²) < 4.78 is 5.79. The van der Waals surface area contributed by atoms with E-state index in [1.807, 2.05) is 11.8 Å². The molecule has 6 aliphatic heterocycles. The predicted octanol–water partition coefficient (Wildman–Crippen LogP) is 3.32. The molecule has 6 heterocycles. The van der Waals surface area contributed by atoms with E-state index < -0.39 is 11.6 Å². The second-order valence-electron chi connectivity index (χ2n) is 14.7. The van der Waals surface area contributed by atoms with Gasteiger partial charge in [-0.1, -0.05) is 6.08 Å². The lowest BCUT2D eigenvalue weighted by Gasteiger charge is -2.42. The lowest BCUT2D eigenvalue weighted by Crippen LogP contribution is -2.59. The van der Waals surface area contributed by atoms with Gasteiger partial charge in [-0.05, 0) is 114 Å². The van der Waals surface area contributed by atoms with Gasteiger partial charge < -0.3 is 19.4 Å². The maximum absolute atomic E-state index is 13.4. The van der Waals surface area contributed by atoms with E-state index >= 15 is 0 Å². The normalized spacial score (nSPS) is 33.7. The van der Waals surface area contributed by atoms with Gasteiger partial charge >= 0.3 is 12.1 Å². The van der Waals surface area contributed by atoms with Gasteiger partial charge in [0.2, 0.25) is 11.8 Å². The van der Waals surface area contributed by atoms with Crippen LogP contribution in [-0.4, -0.2) is 125 Å². The second kappa shape index (κ2) is 12.4. The molecule has 1 N–H and O–H groups in total. The Morgan fingerprint density at radius 3 is 2.51 bits per heavy atom. The molecule has 0 bridgehead atoms. The minimum Gasteiger partial charge on any atom is -0.448 e. The lowest BCUT2D eigenvalue weighted by molar-refractivity contribution is -0.137.